The normalized spacial score (nSPS) is 21.8. The van der Waals surface area contributed by atoms with Crippen molar-refractivity contribution < 1.29 is 14.7 Å². The van der Waals surface area contributed by atoms with E-state index in [0.717, 1.165) is 70.9 Å². The molecule has 2 rings (SSSR count). The van der Waals surface area contributed by atoms with Crippen molar-refractivity contribution in [3.63, 3.8) is 0 Å². The van der Waals surface area contributed by atoms with Gasteiger partial charge in [-0.25, -0.2) is 0 Å². The summed E-state index contributed by atoms with van der Waals surface area (Å²) in [5.41, 5.74) is -0.797. The summed E-state index contributed by atoms with van der Waals surface area (Å²) in [5, 5.41) is 13.6. The number of rotatable bonds is 6. The number of aliphatic hydroxyl groups is 1. The number of hydrogen-bond donors (Lipinski definition) is 2. The summed E-state index contributed by atoms with van der Waals surface area (Å²) in [5.74, 6) is 0.363. The molecule has 0 atom stereocenters. The first-order valence-electron chi connectivity index (χ1n) is 9.78. The van der Waals surface area contributed by atoms with Crippen molar-refractivity contribution in [2.75, 3.05) is 13.1 Å². The topological polar surface area (TPSA) is 69.6 Å². The molecule has 2 amide bonds. The molecule has 0 aromatic carbocycles. The highest BCUT2D eigenvalue weighted by Gasteiger charge is 2.33. The lowest BCUT2D eigenvalue weighted by Crippen LogP contribution is -2.49. The van der Waals surface area contributed by atoms with E-state index in [1.165, 1.54) is 0 Å². The summed E-state index contributed by atoms with van der Waals surface area (Å²) >= 11 is 0. The Morgan fingerprint density at radius 1 is 1.12 bits per heavy atom. The molecule has 1 aliphatic heterocycles. The quantitative estimate of drug-likeness (QED) is 0.782. The van der Waals surface area contributed by atoms with Gasteiger partial charge in [-0.1, -0.05) is 33.1 Å². The van der Waals surface area contributed by atoms with Crippen molar-refractivity contribution in [2.45, 2.75) is 89.7 Å². The lowest BCUT2D eigenvalue weighted by Gasteiger charge is -2.35. The monoisotopic (exact) mass is 338 g/mol. The van der Waals surface area contributed by atoms with Crippen molar-refractivity contribution in [3.8, 4) is 0 Å². The molecule has 2 fully saturated rings. The molecule has 138 valence electrons. The molecule has 5 heteroatoms. The third kappa shape index (κ3) is 5.20. The van der Waals surface area contributed by atoms with Crippen LogP contribution in [0.25, 0.3) is 0 Å². The number of carbonyl (C=O) groups excluding carboxylic acids is 2. The zero-order valence-corrected chi connectivity index (χ0v) is 15.4. The maximum atomic E-state index is 12.4. The van der Waals surface area contributed by atoms with Gasteiger partial charge in [0.05, 0.1) is 12.0 Å². The average Bonchev–Trinajstić information content (AvgIpc) is 2.56. The summed E-state index contributed by atoms with van der Waals surface area (Å²) in [6.07, 6.45) is 8.31. The molecule has 5 nitrogen and oxygen atoms in total. The van der Waals surface area contributed by atoms with Crippen LogP contribution in [-0.4, -0.2) is 46.6 Å². The van der Waals surface area contributed by atoms with Gasteiger partial charge in [0, 0.05) is 25.0 Å². The van der Waals surface area contributed by atoms with Crippen molar-refractivity contribution in [2.24, 2.45) is 5.92 Å². The summed E-state index contributed by atoms with van der Waals surface area (Å²) in [6.45, 7) is 5.58. The van der Waals surface area contributed by atoms with Crippen LogP contribution < -0.4 is 5.32 Å². The Labute approximate surface area is 146 Å². The highest BCUT2D eigenvalue weighted by Crippen LogP contribution is 2.30. The Balaban J connectivity index is 1.74. The second-order valence-corrected chi connectivity index (χ2v) is 7.64. The maximum Gasteiger partial charge on any atom is 0.225 e. The molecular formula is C19H34N2O3. The van der Waals surface area contributed by atoms with Crippen LogP contribution >= 0.6 is 0 Å². The van der Waals surface area contributed by atoms with E-state index >= 15 is 0 Å². The molecule has 24 heavy (non-hydrogen) atoms. The van der Waals surface area contributed by atoms with Crippen LogP contribution in [-0.2, 0) is 9.59 Å². The Morgan fingerprint density at radius 2 is 1.71 bits per heavy atom. The van der Waals surface area contributed by atoms with Gasteiger partial charge in [-0.15, -0.1) is 0 Å². The Morgan fingerprint density at radius 3 is 2.25 bits per heavy atom. The summed E-state index contributed by atoms with van der Waals surface area (Å²) < 4.78 is 0. The molecule has 2 N–H and O–H groups in total. The first-order chi connectivity index (χ1) is 11.5. The first kappa shape index (κ1) is 19.2. The lowest BCUT2D eigenvalue weighted by atomic mass is 9.82. The van der Waals surface area contributed by atoms with Crippen LogP contribution in [0.2, 0.25) is 0 Å². The van der Waals surface area contributed by atoms with Crippen molar-refractivity contribution in [1.29, 1.82) is 0 Å². The summed E-state index contributed by atoms with van der Waals surface area (Å²) in [7, 11) is 0. The van der Waals surface area contributed by atoms with Gasteiger partial charge in [-0.05, 0) is 38.5 Å². The standard InChI is InChI=1S/C19H34N2O3/c1-3-15(4-2)18(23)21-12-8-16(9-13-21)20-17(22)14-19(24)10-6-5-7-11-19/h15-16,24H,3-14H2,1-2H3,(H,20,22). The van der Waals surface area contributed by atoms with Gasteiger partial charge in [0.25, 0.3) is 0 Å². The van der Waals surface area contributed by atoms with E-state index in [1.807, 2.05) is 4.90 Å². The number of carbonyl (C=O) groups is 2. The van der Waals surface area contributed by atoms with E-state index in [0.29, 0.717) is 0 Å². The van der Waals surface area contributed by atoms with Crippen LogP contribution in [0.4, 0.5) is 0 Å². The van der Waals surface area contributed by atoms with Crippen LogP contribution in [0.15, 0.2) is 0 Å². The number of amides is 2. The Bertz CT molecular complexity index is 420. The fraction of sp³-hybridized carbons (Fsp3) is 0.895. The number of likely N-dealkylation sites (tertiary alicyclic amines) is 1. The Kier molecular flexibility index (Phi) is 7.08. The van der Waals surface area contributed by atoms with Crippen LogP contribution in [0.1, 0.15) is 78.1 Å². The van der Waals surface area contributed by atoms with Gasteiger partial charge in [-0.2, -0.15) is 0 Å². The van der Waals surface area contributed by atoms with Gasteiger partial charge in [0.1, 0.15) is 0 Å². The largest absolute Gasteiger partial charge is 0.389 e. The maximum absolute atomic E-state index is 12.4. The lowest BCUT2D eigenvalue weighted by molar-refractivity contribution is -0.137. The molecule has 1 aliphatic carbocycles. The molecule has 0 unspecified atom stereocenters. The van der Waals surface area contributed by atoms with Crippen LogP contribution in [0.5, 0.6) is 0 Å². The van der Waals surface area contributed by atoms with E-state index in [-0.39, 0.29) is 30.2 Å². The van der Waals surface area contributed by atoms with Gasteiger partial charge in [-0.3, -0.25) is 9.59 Å². The first-order valence-corrected chi connectivity index (χ1v) is 9.78. The van der Waals surface area contributed by atoms with Crippen LogP contribution in [0, 0.1) is 5.92 Å². The Hall–Kier alpha value is -1.10. The molecule has 1 heterocycles. The molecule has 0 aromatic rings. The SMILES string of the molecule is CCC(CC)C(=O)N1CCC(NC(=O)CC2(O)CCCCC2)CC1. The number of nitrogens with one attached hydrogen (secondary N) is 1. The average molecular weight is 338 g/mol. The van der Waals surface area contributed by atoms with E-state index in [9.17, 15) is 14.7 Å². The predicted molar refractivity (Wildman–Crippen MR) is 94.5 cm³/mol. The van der Waals surface area contributed by atoms with Crippen molar-refractivity contribution >= 4 is 11.8 Å². The van der Waals surface area contributed by atoms with Gasteiger partial charge < -0.3 is 15.3 Å². The van der Waals surface area contributed by atoms with Gasteiger partial charge in [0.15, 0.2) is 0 Å². The molecule has 0 aromatic heterocycles. The number of hydrogen-bond acceptors (Lipinski definition) is 3. The molecule has 2 aliphatic rings. The highest BCUT2D eigenvalue weighted by molar-refractivity contribution is 5.79. The predicted octanol–water partition coefficient (Wildman–Crippen LogP) is 2.62. The number of nitrogens with zero attached hydrogens (tertiary/aromatic N) is 1. The molecule has 1 saturated carbocycles. The van der Waals surface area contributed by atoms with E-state index in [1.54, 1.807) is 0 Å². The fourth-order valence-electron chi connectivity index (χ4n) is 4.10. The van der Waals surface area contributed by atoms with Crippen LogP contribution in [0.3, 0.4) is 0 Å². The number of piperidine rings is 1. The van der Waals surface area contributed by atoms with Crippen molar-refractivity contribution in [1.82, 2.24) is 10.2 Å². The fourth-order valence-corrected chi connectivity index (χ4v) is 4.10. The molecule has 1 saturated heterocycles. The minimum Gasteiger partial charge on any atom is -0.389 e. The van der Waals surface area contributed by atoms with E-state index < -0.39 is 5.60 Å². The third-order valence-electron chi connectivity index (χ3n) is 5.78. The molecule has 0 bridgehead atoms. The smallest absolute Gasteiger partial charge is 0.225 e. The highest BCUT2D eigenvalue weighted by atomic mass is 16.3. The second-order valence-electron chi connectivity index (χ2n) is 7.64. The third-order valence-corrected chi connectivity index (χ3v) is 5.78. The minimum absolute atomic E-state index is 0.0378. The molecular weight excluding hydrogens is 304 g/mol. The molecule has 0 radical (unpaired) electrons. The van der Waals surface area contributed by atoms with Gasteiger partial charge >= 0.3 is 0 Å². The summed E-state index contributed by atoms with van der Waals surface area (Å²) in [4.78, 5) is 26.6. The van der Waals surface area contributed by atoms with Gasteiger partial charge in [0.2, 0.25) is 11.8 Å². The molecule has 0 spiro atoms. The zero-order chi connectivity index (χ0) is 17.6. The van der Waals surface area contributed by atoms with Crippen molar-refractivity contribution in [3.05, 3.63) is 0 Å². The minimum atomic E-state index is -0.797. The zero-order valence-electron chi connectivity index (χ0n) is 15.4. The van der Waals surface area contributed by atoms with E-state index in [2.05, 4.69) is 19.2 Å². The second kappa shape index (κ2) is 8.84. The van der Waals surface area contributed by atoms with E-state index in [4.69, 9.17) is 0 Å². The summed E-state index contributed by atoms with van der Waals surface area (Å²) in [6, 6.07) is 0.135.